The van der Waals surface area contributed by atoms with Gasteiger partial charge in [-0.3, -0.25) is 0 Å². The number of carbonyl (C=O) groups excluding carboxylic acids is 2. The van der Waals surface area contributed by atoms with Crippen molar-refractivity contribution in [3.63, 3.8) is 0 Å². The van der Waals surface area contributed by atoms with Gasteiger partial charge in [-0.2, -0.15) is 4.73 Å². The zero-order valence-corrected chi connectivity index (χ0v) is 12.5. The first kappa shape index (κ1) is 16.9. The maximum absolute atomic E-state index is 11.9. The largest absolute Gasteiger partial charge is 0.619 e. The van der Waals surface area contributed by atoms with Gasteiger partial charge in [0.2, 0.25) is 0 Å². The summed E-state index contributed by atoms with van der Waals surface area (Å²) in [5.41, 5.74) is -0.00944. The van der Waals surface area contributed by atoms with E-state index in [1.807, 2.05) is 13.8 Å². The first-order valence-corrected chi connectivity index (χ1v) is 7.17. The number of esters is 2. The van der Waals surface area contributed by atoms with Crippen molar-refractivity contribution in [2.24, 2.45) is 0 Å². The van der Waals surface area contributed by atoms with Crippen LogP contribution in [-0.2, 0) is 9.47 Å². The molecule has 0 spiro atoms. The van der Waals surface area contributed by atoms with Crippen molar-refractivity contribution >= 4 is 11.9 Å². The fourth-order valence-corrected chi connectivity index (χ4v) is 1.59. The highest BCUT2D eigenvalue weighted by atomic mass is 16.5. The summed E-state index contributed by atoms with van der Waals surface area (Å²) in [6, 6.07) is 1.28. The average Bonchev–Trinajstić information content (AvgIpc) is 2.47. The third-order valence-electron chi connectivity index (χ3n) is 2.84. The van der Waals surface area contributed by atoms with Gasteiger partial charge in [0.1, 0.15) is 5.56 Å². The topological polar surface area (TPSA) is 79.5 Å². The molecule has 0 aliphatic carbocycles. The standard InChI is InChI=1S/C15H21NO5/c1-3-5-9-20-14(17)12-7-8-16(19)11-13(12)15(18)21-10-6-4-2/h7-8,11H,3-6,9-10H2,1-2H3. The quantitative estimate of drug-likeness (QED) is 0.318. The minimum Gasteiger partial charge on any atom is -0.619 e. The van der Waals surface area contributed by atoms with Gasteiger partial charge < -0.3 is 14.7 Å². The van der Waals surface area contributed by atoms with Gasteiger partial charge in [0.05, 0.1) is 18.8 Å². The van der Waals surface area contributed by atoms with Crippen molar-refractivity contribution < 1.29 is 23.8 Å². The molecule has 21 heavy (non-hydrogen) atoms. The van der Waals surface area contributed by atoms with Crippen molar-refractivity contribution in [1.82, 2.24) is 0 Å². The summed E-state index contributed by atoms with van der Waals surface area (Å²) in [5.74, 6) is -1.30. The zero-order chi connectivity index (χ0) is 15.7. The van der Waals surface area contributed by atoms with E-state index in [1.165, 1.54) is 6.07 Å². The number of aromatic nitrogens is 1. The lowest BCUT2D eigenvalue weighted by atomic mass is 10.1. The van der Waals surface area contributed by atoms with Crippen LogP contribution >= 0.6 is 0 Å². The number of ether oxygens (including phenoxy) is 2. The molecule has 1 aromatic heterocycles. The Morgan fingerprint density at radius 2 is 1.57 bits per heavy atom. The van der Waals surface area contributed by atoms with Gasteiger partial charge >= 0.3 is 11.9 Å². The third kappa shape index (κ3) is 5.41. The van der Waals surface area contributed by atoms with Crippen LogP contribution in [0, 0.1) is 5.21 Å². The lowest BCUT2D eigenvalue weighted by molar-refractivity contribution is -0.605. The van der Waals surface area contributed by atoms with Crippen LogP contribution in [-0.4, -0.2) is 25.2 Å². The molecular weight excluding hydrogens is 274 g/mol. The molecule has 116 valence electrons. The van der Waals surface area contributed by atoms with Crippen molar-refractivity contribution in [2.45, 2.75) is 39.5 Å². The molecule has 0 saturated carbocycles. The summed E-state index contributed by atoms with van der Waals surface area (Å²) in [5, 5.41) is 11.3. The Kier molecular flexibility index (Phi) is 7.21. The van der Waals surface area contributed by atoms with E-state index in [0.29, 0.717) is 4.73 Å². The fraction of sp³-hybridized carbons (Fsp3) is 0.533. The second kappa shape index (κ2) is 8.94. The lowest BCUT2D eigenvalue weighted by Crippen LogP contribution is -2.29. The van der Waals surface area contributed by atoms with E-state index >= 15 is 0 Å². The molecule has 0 aliphatic heterocycles. The molecule has 0 unspecified atom stereocenters. The monoisotopic (exact) mass is 295 g/mol. The van der Waals surface area contributed by atoms with Gasteiger partial charge in [0.15, 0.2) is 12.4 Å². The predicted molar refractivity (Wildman–Crippen MR) is 75.8 cm³/mol. The average molecular weight is 295 g/mol. The SMILES string of the molecule is CCCCOC(=O)c1cc[n+]([O-])cc1C(=O)OCCCC. The highest BCUT2D eigenvalue weighted by Gasteiger charge is 2.22. The normalized spacial score (nSPS) is 10.2. The summed E-state index contributed by atoms with van der Waals surface area (Å²) in [4.78, 5) is 23.9. The second-order valence-electron chi connectivity index (χ2n) is 4.61. The van der Waals surface area contributed by atoms with Crippen LogP contribution in [0.1, 0.15) is 60.2 Å². The fourth-order valence-electron chi connectivity index (χ4n) is 1.59. The summed E-state index contributed by atoms with van der Waals surface area (Å²) >= 11 is 0. The van der Waals surface area contributed by atoms with Crippen LogP contribution in [0.3, 0.4) is 0 Å². The van der Waals surface area contributed by atoms with Crippen LogP contribution in [0.15, 0.2) is 18.5 Å². The van der Waals surface area contributed by atoms with E-state index in [2.05, 4.69) is 0 Å². The molecule has 1 rings (SSSR count). The summed E-state index contributed by atoms with van der Waals surface area (Å²) in [6.45, 7) is 4.49. The van der Waals surface area contributed by atoms with Crippen LogP contribution < -0.4 is 4.73 Å². The maximum Gasteiger partial charge on any atom is 0.345 e. The van der Waals surface area contributed by atoms with Crippen molar-refractivity contribution in [1.29, 1.82) is 0 Å². The number of hydrogen-bond donors (Lipinski definition) is 0. The first-order valence-electron chi connectivity index (χ1n) is 7.17. The lowest BCUT2D eigenvalue weighted by Gasteiger charge is -2.09. The van der Waals surface area contributed by atoms with E-state index < -0.39 is 11.9 Å². The number of hydrogen-bond acceptors (Lipinski definition) is 5. The van der Waals surface area contributed by atoms with Crippen molar-refractivity contribution in [3.05, 3.63) is 34.8 Å². The van der Waals surface area contributed by atoms with E-state index in [1.54, 1.807) is 0 Å². The van der Waals surface area contributed by atoms with Gasteiger partial charge in [-0.25, -0.2) is 9.59 Å². The van der Waals surface area contributed by atoms with Gasteiger partial charge in [0, 0.05) is 6.07 Å². The number of nitrogens with zero attached hydrogens (tertiary/aromatic N) is 1. The predicted octanol–water partition coefficient (Wildman–Crippen LogP) is 2.23. The van der Waals surface area contributed by atoms with Gasteiger partial charge in [0.25, 0.3) is 0 Å². The molecule has 6 nitrogen and oxygen atoms in total. The molecule has 0 N–H and O–H groups in total. The Morgan fingerprint density at radius 1 is 1.05 bits per heavy atom. The van der Waals surface area contributed by atoms with Crippen LogP contribution in [0.4, 0.5) is 0 Å². The molecule has 0 saturated heterocycles. The molecule has 0 amide bonds. The molecule has 0 aliphatic rings. The van der Waals surface area contributed by atoms with Crippen molar-refractivity contribution in [3.8, 4) is 0 Å². The van der Waals surface area contributed by atoms with Crippen LogP contribution in [0.5, 0.6) is 0 Å². The Morgan fingerprint density at radius 3 is 2.10 bits per heavy atom. The third-order valence-corrected chi connectivity index (χ3v) is 2.84. The minimum absolute atomic E-state index is 0.0553. The number of unbranched alkanes of at least 4 members (excludes halogenated alkanes) is 2. The summed E-state index contributed by atoms with van der Waals surface area (Å²) < 4.78 is 10.6. The number of rotatable bonds is 8. The van der Waals surface area contributed by atoms with E-state index in [-0.39, 0.29) is 24.3 Å². The van der Waals surface area contributed by atoms with Crippen LogP contribution in [0.2, 0.25) is 0 Å². The van der Waals surface area contributed by atoms with E-state index in [9.17, 15) is 14.8 Å². The summed E-state index contributed by atoms with van der Waals surface area (Å²) in [6.07, 6.45) is 5.44. The molecule has 0 fully saturated rings. The molecule has 0 atom stereocenters. The Bertz CT molecular complexity index is 487. The zero-order valence-electron chi connectivity index (χ0n) is 12.5. The number of pyridine rings is 1. The molecular formula is C15H21NO5. The van der Waals surface area contributed by atoms with Gasteiger partial charge in [-0.05, 0) is 12.8 Å². The molecule has 0 radical (unpaired) electrons. The number of carbonyl (C=O) groups is 2. The van der Waals surface area contributed by atoms with Crippen molar-refractivity contribution in [2.75, 3.05) is 13.2 Å². The molecule has 1 aromatic rings. The van der Waals surface area contributed by atoms with Gasteiger partial charge in [-0.1, -0.05) is 26.7 Å². The molecule has 0 aromatic carbocycles. The highest BCUT2D eigenvalue weighted by molar-refractivity contribution is 6.02. The molecule has 6 heteroatoms. The Balaban J connectivity index is 2.83. The molecule has 1 heterocycles. The summed E-state index contributed by atoms with van der Waals surface area (Å²) in [7, 11) is 0. The van der Waals surface area contributed by atoms with E-state index in [0.717, 1.165) is 38.1 Å². The Hall–Kier alpha value is -2.11. The second-order valence-corrected chi connectivity index (χ2v) is 4.61. The molecule has 0 bridgehead atoms. The van der Waals surface area contributed by atoms with Crippen LogP contribution in [0.25, 0.3) is 0 Å². The van der Waals surface area contributed by atoms with Gasteiger partial charge in [-0.15, -0.1) is 0 Å². The maximum atomic E-state index is 11.9. The highest BCUT2D eigenvalue weighted by Crippen LogP contribution is 2.10. The smallest absolute Gasteiger partial charge is 0.345 e. The van der Waals surface area contributed by atoms with E-state index in [4.69, 9.17) is 9.47 Å². The first-order chi connectivity index (χ1) is 10.1. The minimum atomic E-state index is -0.684. The Labute approximate surface area is 124 Å².